The maximum atomic E-state index is 12.1. The molecular formula is C11H14N6O3. The summed E-state index contributed by atoms with van der Waals surface area (Å²) in [6.45, 7) is 1.83. The smallest absolute Gasteiger partial charge is 0.332 e. The van der Waals surface area contributed by atoms with Gasteiger partial charge in [0, 0.05) is 19.8 Å². The van der Waals surface area contributed by atoms with E-state index in [0.29, 0.717) is 0 Å². The third-order valence-electron chi connectivity index (χ3n) is 2.91. The minimum absolute atomic E-state index is 0.0958. The van der Waals surface area contributed by atoms with Crippen molar-refractivity contribution in [1.82, 2.24) is 19.3 Å². The van der Waals surface area contributed by atoms with Crippen molar-refractivity contribution < 1.29 is 4.79 Å². The number of carbonyl (C=O) groups is 1. The van der Waals surface area contributed by atoms with E-state index in [9.17, 15) is 14.4 Å². The zero-order valence-electron chi connectivity index (χ0n) is 11.0. The average Bonchev–Trinajstić information content (AvgIpc) is 2.96. The predicted octanol–water partition coefficient (Wildman–Crippen LogP) is -0.875. The van der Waals surface area contributed by atoms with Crippen LogP contribution in [0.1, 0.15) is 17.3 Å². The standard InChI is InChI=1S/C11H14N6O3/c1-3-17-10(19)7(8(12)16(2)11(17)20)15-9(18)6-4-13-14-5-6/h4-5H,3,12H2,1-2H3,(H,13,14)(H,15,18). The SMILES string of the molecule is CCn1c(=O)c(NC(=O)c2cn[nH]c2)c(N)n(C)c1=O. The first kappa shape index (κ1) is 13.6. The summed E-state index contributed by atoms with van der Waals surface area (Å²) in [7, 11) is 1.43. The largest absolute Gasteiger partial charge is 0.383 e. The lowest BCUT2D eigenvalue weighted by molar-refractivity contribution is 0.102. The van der Waals surface area contributed by atoms with Crippen LogP contribution in [0.5, 0.6) is 0 Å². The molecule has 0 radical (unpaired) electrons. The number of anilines is 2. The van der Waals surface area contributed by atoms with Crippen molar-refractivity contribution in [3.05, 3.63) is 38.8 Å². The van der Waals surface area contributed by atoms with E-state index >= 15 is 0 Å². The first-order valence-corrected chi connectivity index (χ1v) is 5.86. The highest BCUT2D eigenvalue weighted by Crippen LogP contribution is 2.11. The molecule has 9 heteroatoms. The third kappa shape index (κ3) is 2.09. The van der Waals surface area contributed by atoms with Crippen LogP contribution in [0.15, 0.2) is 22.0 Å². The maximum Gasteiger partial charge on any atom is 0.332 e. The molecule has 1 amide bonds. The summed E-state index contributed by atoms with van der Waals surface area (Å²) in [5.41, 5.74) is 4.68. The number of aromatic nitrogens is 4. The molecule has 2 heterocycles. The van der Waals surface area contributed by atoms with Gasteiger partial charge in [0.15, 0.2) is 0 Å². The summed E-state index contributed by atoms with van der Waals surface area (Å²) in [6.07, 6.45) is 2.69. The summed E-state index contributed by atoms with van der Waals surface area (Å²) in [6, 6.07) is 0. The van der Waals surface area contributed by atoms with E-state index in [0.717, 1.165) is 9.13 Å². The fourth-order valence-corrected chi connectivity index (χ4v) is 1.74. The molecule has 0 spiro atoms. The van der Waals surface area contributed by atoms with Gasteiger partial charge in [0.25, 0.3) is 11.5 Å². The summed E-state index contributed by atoms with van der Waals surface area (Å²) in [5.74, 6) is -0.634. The minimum atomic E-state index is -0.634. The van der Waals surface area contributed by atoms with E-state index in [1.165, 1.54) is 19.4 Å². The van der Waals surface area contributed by atoms with E-state index < -0.39 is 17.2 Å². The molecule has 0 fully saturated rings. The second kappa shape index (κ2) is 5.03. The topological polar surface area (TPSA) is 128 Å². The minimum Gasteiger partial charge on any atom is -0.383 e. The number of rotatable bonds is 3. The first-order valence-electron chi connectivity index (χ1n) is 5.86. The molecule has 2 rings (SSSR count). The zero-order valence-corrected chi connectivity index (χ0v) is 11.0. The molecule has 0 bridgehead atoms. The number of nitrogen functional groups attached to an aromatic ring is 1. The molecule has 0 unspecified atom stereocenters. The van der Waals surface area contributed by atoms with Gasteiger partial charge in [-0.3, -0.25) is 23.8 Å². The van der Waals surface area contributed by atoms with Crippen LogP contribution in [0.4, 0.5) is 11.5 Å². The summed E-state index contributed by atoms with van der Waals surface area (Å²) < 4.78 is 2.09. The van der Waals surface area contributed by atoms with Crippen LogP contribution in [-0.4, -0.2) is 25.2 Å². The van der Waals surface area contributed by atoms with Crippen LogP contribution in [0.3, 0.4) is 0 Å². The Bertz CT molecular complexity index is 756. The van der Waals surface area contributed by atoms with Gasteiger partial charge in [0.2, 0.25) is 0 Å². The van der Waals surface area contributed by atoms with E-state index in [-0.39, 0.29) is 23.6 Å². The molecule has 0 saturated carbocycles. The van der Waals surface area contributed by atoms with Crippen LogP contribution in [0.25, 0.3) is 0 Å². The molecular weight excluding hydrogens is 264 g/mol. The van der Waals surface area contributed by atoms with Crippen molar-refractivity contribution in [1.29, 1.82) is 0 Å². The molecule has 4 N–H and O–H groups in total. The van der Waals surface area contributed by atoms with Crippen LogP contribution in [0.2, 0.25) is 0 Å². The summed E-state index contributed by atoms with van der Waals surface area (Å²) in [5, 5.41) is 8.53. The second-order valence-electron chi connectivity index (χ2n) is 4.09. The van der Waals surface area contributed by atoms with E-state index in [2.05, 4.69) is 15.5 Å². The van der Waals surface area contributed by atoms with Crippen LogP contribution >= 0.6 is 0 Å². The molecule has 0 aliphatic rings. The monoisotopic (exact) mass is 278 g/mol. The molecule has 0 aromatic carbocycles. The normalized spacial score (nSPS) is 10.5. The Balaban J connectivity index is 2.53. The van der Waals surface area contributed by atoms with E-state index in [4.69, 9.17) is 5.73 Å². The van der Waals surface area contributed by atoms with Crippen molar-refractivity contribution in [3.63, 3.8) is 0 Å². The van der Waals surface area contributed by atoms with Crippen molar-refractivity contribution in [2.45, 2.75) is 13.5 Å². The number of hydrogen-bond acceptors (Lipinski definition) is 5. The molecule has 0 saturated heterocycles. The average molecular weight is 278 g/mol. The van der Waals surface area contributed by atoms with Gasteiger partial charge >= 0.3 is 5.69 Å². The van der Waals surface area contributed by atoms with Crippen molar-refractivity contribution in [3.8, 4) is 0 Å². The van der Waals surface area contributed by atoms with Gasteiger partial charge in [-0.2, -0.15) is 5.10 Å². The van der Waals surface area contributed by atoms with Gasteiger partial charge < -0.3 is 11.1 Å². The van der Waals surface area contributed by atoms with Gasteiger partial charge in [0.1, 0.15) is 11.5 Å². The Labute approximate surface area is 113 Å². The number of carbonyl (C=O) groups excluding carboxylic acids is 1. The van der Waals surface area contributed by atoms with Crippen molar-refractivity contribution >= 4 is 17.4 Å². The summed E-state index contributed by atoms with van der Waals surface area (Å²) >= 11 is 0. The number of H-pyrrole nitrogens is 1. The highest BCUT2D eigenvalue weighted by molar-refractivity contribution is 6.05. The highest BCUT2D eigenvalue weighted by atomic mass is 16.2. The quantitative estimate of drug-likeness (QED) is 0.672. The fraction of sp³-hybridized carbons (Fsp3) is 0.273. The maximum absolute atomic E-state index is 12.1. The van der Waals surface area contributed by atoms with Gasteiger partial charge in [-0.1, -0.05) is 0 Å². The predicted molar refractivity (Wildman–Crippen MR) is 72.6 cm³/mol. The number of hydrogen-bond donors (Lipinski definition) is 3. The van der Waals surface area contributed by atoms with Crippen LogP contribution in [0, 0.1) is 0 Å². The number of aromatic amines is 1. The molecule has 9 nitrogen and oxygen atoms in total. The Morgan fingerprint density at radius 2 is 2.20 bits per heavy atom. The highest BCUT2D eigenvalue weighted by Gasteiger charge is 2.17. The van der Waals surface area contributed by atoms with Gasteiger partial charge in [-0.15, -0.1) is 0 Å². The molecule has 2 aromatic heterocycles. The van der Waals surface area contributed by atoms with E-state index in [1.54, 1.807) is 6.92 Å². The molecule has 0 aliphatic heterocycles. The zero-order chi connectivity index (χ0) is 14.9. The van der Waals surface area contributed by atoms with Gasteiger partial charge in [-0.05, 0) is 6.92 Å². The van der Waals surface area contributed by atoms with Gasteiger partial charge in [-0.25, -0.2) is 4.79 Å². The first-order chi connectivity index (χ1) is 9.47. The Kier molecular flexibility index (Phi) is 3.42. The molecule has 20 heavy (non-hydrogen) atoms. The number of nitrogens with two attached hydrogens (primary N) is 1. The Morgan fingerprint density at radius 3 is 2.75 bits per heavy atom. The lowest BCUT2D eigenvalue weighted by Crippen LogP contribution is -2.41. The fourth-order valence-electron chi connectivity index (χ4n) is 1.74. The lowest BCUT2D eigenvalue weighted by atomic mass is 10.3. The number of nitrogens with one attached hydrogen (secondary N) is 2. The van der Waals surface area contributed by atoms with Crippen LogP contribution in [-0.2, 0) is 13.6 Å². The third-order valence-corrected chi connectivity index (χ3v) is 2.91. The summed E-state index contributed by atoms with van der Waals surface area (Å²) in [4.78, 5) is 35.9. The molecule has 2 aromatic rings. The number of nitrogens with zero attached hydrogens (tertiary/aromatic N) is 3. The van der Waals surface area contributed by atoms with Crippen LogP contribution < -0.4 is 22.3 Å². The lowest BCUT2D eigenvalue weighted by Gasteiger charge is -2.13. The molecule has 0 atom stereocenters. The second-order valence-corrected chi connectivity index (χ2v) is 4.09. The Hall–Kier alpha value is -2.84. The molecule has 0 aliphatic carbocycles. The molecule has 106 valence electrons. The van der Waals surface area contributed by atoms with Crippen molar-refractivity contribution in [2.75, 3.05) is 11.1 Å². The number of amides is 1. The van der Waals surface area contributed by atoms with Gasteiger partial charge in [0.05, 0.1) is 11.8 Å². The Morgan fingerprint density at radius 1 is 1.50 bits per heavy atom. The van der Waals surface area contributed by atoms with Crippen molar-refractivity contribution in [2.24, 2.45) is 7.05 Å². The van der Waals surface area contributed by atoms with E-state index in [1.807, 2.05) is 0 Å².